The highest BCUT2D eigenvalue weighted by Crippen LogP contribution is 2.32. The summed E-state index contributed by atoms with van der Waals surface area (Å²) in [5, 5.41) is 14.2. The van der Waals surface area contributed by atoms with Crippen molar-refractivity contribution in [2.75, 3.05) is 13.2 Å². The Morgan fingerprint density at radius 3 is 2.67 bits per heavy atom. The van der Waals surface area contributed by atoms with Crippen LogP contribution in [0.15, 0.2) is 54.6 Å². The Hall–Kier alpha value is -1.84. The zero-order valence-corrected chi connectivity index (χ0v) is 12.3. The SMILES string of the molecule is CC(O)(CNC1CCOc2ccccc21)c1ccccc1. The van der Waals surface area contributed by atoms with E-state index >= 15 is 0 Å². The molecule has 2 aromatic rings. The Kier molecular flexibility index (Phi) is 3.95. The van der Waals surface area contributed by atoms with E-state index in [1.807, 2.05) is 55.5 Å². The van der Waals surface area contributed by atoms with Crippen LogP contribution < -0.4 is 10.1 Å². The molecule has 0 saturated carbocycles. The molecule has 1 aliphatic rings. The smallest absolute Gasteiger partial charge is 0.124 e. The van der Waals surface area contributed by atoms with Crippen LogP contribution in [0, 0.1) is 0 Å². The Morgan fingerprint density at radius 1 is 1.14 bits per heavy atom. The van der Waals surface area contributed by atoms with E-state index in [9.17, 15) is 5.11 Å². The summed E-state index contributed by atoms with van der Waals surface area (Å²) in [5.41, 5.74) is 1.22. The average Bonchev–Trinajstić information content (AvgIpc) is 2.54. The molecule has 0 amide bonds. The lowest BCUT2D eigenvalue weighted by Gasteiger charge is -2.31. The van der Waals surface area contributed by atoms with Gasteiger partial charge in [-0.25, -0.2) is 0 Å². The second-order valence-corrected chi connectivity index (χ2v) is 5.75. The van der Waals surface area contributed by atoms with Crippen LogP contribution in [0.3, 0.4) is 0 Å². The number of hydrogen-bond donors (Lipinski definition) is 2. The number of rotatable bonds is 4. The molecular weight excluding hydrogens is 262 g/mol. The van der Waals surface area contributed by atoms with E-state index in [0.717, 1.165) is 17.7 Å². The maximum Gasteiger partial charge on any atom is 0.124 e. The number of hydrogen-bond acceptors (Lipinski definition) is 3. The van der Waals surface area contributed by atoms with Crippen molar-refractivity contribution in [3.8, 4) is 5.75 Å². The first-order valence-electron chi connectivity index (χ1n) is 7.40. The normalized spacial score (nSPS) is 20.2. The van der Waals surface area contributed by atoms with Gasteiger partial charge in [0.15, 0.2) is 0 Å². The van der Waals surface area contributed by atoms with Crippen molar-refractivity contribution in [2.24, 2.45) is 0 Å². The highest BCUT2D eigenvalue weighted by atomic mass is 16.5. The van der Waals surface area contributed by atoms with Crippen molar-refractivity contribution in [1.29, 1.82) is 0 Å². The summed E-state index contributed by atoms with van der Waals surface area (Å²) < 4.78 is 5.67. The summed E-state index contributed by atoms with van der Waals surface area (Å²) in [6.45, 7) is 3.07. The van der Waals surface area contributed by atoms with Gasteiger partial charge in [-0.1, -0.05) is 48.5 Å². The predicted octanol–water partition coefficient (Wildman–Crippen LogP) is 3.01. The molecule has 0 radical (unpaired) electrons. The van der Waals surface area contributed by atoms with E-state index in [1.165, 1.54) is 5.56 Å². The minimum Gasteiger partial charge on any atom is -0.493 e. The van der Waals surface area contributed by atoms with Gasteiger partial charge >= 0.3 is 0 Å². The number of aliphatic hydroxyl groups is 1. The van der Waals surface area contributed by atoms with Crippen molar-refractivity contribution in [1.82, 2.24) is 5.32 Å². The van der Waals surface area contributed by atoms with Gasteiger partial charge in [0.1, 0.15) is 5.75 Å². The monoisotopic (exact) mass is 283 g/mol. The van der Waals surface area contributed by atoms with E-state index in [4.69, 9.17) is 4.74 Å². The third kappa shape index (κ3) is 3.09. The summed E-state index contributed by atoms with van der Waals surface area (Å²) in [6.07, 6.45) is 0.919. The highest BCUT2D eigenvalue weighted by molar-refractivity contribution is 5.37. The minimum absolute atomic E-state index is 0.227. The molecule has 2 N–H and O–H groups in total. The van der Waals surface area contributed by atoms with Crippen LogP contribution in [-0.4, -0.2) is 18.3 Å². The molecule has 3 nitrogen and oxygen atoms in total. The fraction of sp³-hybridized carbons (Fsp3) is 0.333. The second kappa shape index (κ2) is 5.88. The van der Waals surface area contributed by atoms with Gasteiger partial charge in [-0.05, 0) is 18.6 Å². The van der Waals surface area contributed by atoms with Crippen LogP contribution in [0.4, 0.5) is 0 Å². The van der Waals surface area contributed by atoms with Gasteiger partial charge in [0.25, 0.3) is 0 Å². The van der Waals surface area contributed by atoms with Crippen molar-refractivity contribution < 1.29 is 9.84 Å². The van der Waals surface area contributed by atoms with Gasteiger partial charge in [0.2, 0.25) is 0 Å². The second-order valence-electron chi connectivity index (χ2n) is 5.75. The Bertz CT molecular complexity index is 595. The first kappa shape index (κ1) is 14.1. The number of nitrogens with one attached hydrogen (secondary N) is 1. The lowest BCUT2D eigenvalue weighted by atomic mass is 9.94. The van der Waals surface area contributed by atoms with Crippen LogP contribution >= 0.6 is 0 Å². The van der Waals surface area contributed by atoms with E-state index in [1.54, 1.807) is 0 Å². The standard InChI is InChI=1S/C18H21NO2/c1-18(20,14-7-3-2-4-8-14)13-19-16-11-12-21-17-10-6-5-9-15(16)17/h2-10,16,19-20H,11-13H2,1H3. The number of benzene rings is 2. The lowest BCUT2D eigenvalue weighted by Crippen LogP contribution is -2.38. The van der Waals surface area contributed by atoms with Gasteiger partial charge < -0.3 is 15.2 Å². The maximum atomic E-state index is 10.7. The van der Waals surface area contributed by atoms with Crippen molar-refractivity contribution in [3.05, 3.63) is 65.7 Å². The molecule has 2 aromatic carbocycles. The molecule has 110 valence electrons. The Labute approximate surface area is 125 Å². The highest BCUT2D eigenvalue weighted by Gasteiger charge is 2.26. The number of fused-ring (bicyclic) bond motifs is 1. The molecule has 21 heavy (non-hydrogen) atoms. The first-order chi connectivity index (χ1) is 10.2. The van der Waals surface area contributed by atoms with Crippen LogP contribution in [-0.2, 0) is 5.60 Å². The van der Waals surface area contributed by atoms with Crippen molar-refractivity contribution in [3.63, 3.8) is 0 Å². The topological polar surface area (TPSA) is 41.5 Å². The van der Waals surface area contributed by atoms with E-state index < -0.39 is 5.60 Å². The van der Waals surface area contributed by atoms with Crippen LogP contribution in [0.2, 0.25) is 0 Å². The Morgan fingerprint density at radius 2 is 1.86 bits per heavy atom. The third-order valence-corrected chi connectivity index (χ3v) is 4.05. The Balaban J connectivity index is 1.71. The molecule has 1 heterocycles. The van der Waals surface area contributed by atoms with Gasteiger partial charge in [-0.3, -0.25) is 0 Å². The molecule has 0 saturated heterocycles. The molecule has 2 atom stereocenters. The molecule has 0 spiro atoms. The fourth-order valence-corrected chi connectivity index (χ4v) is 2.78. The first-order valence-corrected chi connectivity index (χ1v) is 7.40. The summed E-state index contributed by atoms with van der Waals surface area (Å²) in [7, 11) is 0. The quantitative estimate of drug-likeness (QED) is 0.906. The van der Waals surface area contributed by atoms with Gasteiger partial charge in [-0.15, -0.1) is 0 Å². The molecule has 2 unspecified atom stereocenters. The van der Waals surface area contributed by atoms with E-state index in [2.05, 4.69) is 11.4 Å². The summed E-state index contributed by atoms with van der Waals surface area (Å²) in [6, 6.07) is 18.1. The van der Waals surface area contributed by atoms with Crippen molar-refractivity contribution >= 4 is 0 Å². The molecular formula is C18H21NO2. The van der Waals surface area contributed by atoms with Gasteiger partial charge in [-0.2, -0.15) is 0 Å². The molecule has 3 heteroatoms. The number of para-hydroxylation sites is 1. The van der Waals surface area contributed by atoms with Crippen LogP contribution in [0.1, 0.15) is 30.5 Å². The van der Waals surface area contributed by atoms with Gasteiger partial charge in [0, 0.05) is 24.6 Å². The van der Waals surface area contributed by atoms with E-state index in [0.29, 0.717) is 13.2 Å². The lowest BCUT2D eigenvalue weighted by molar-refractivity contribution is 0.0518. The minimum atomic E-state index is -0.880. The predicted molar refractivity (Wildman–Crippen MR) is 83.3 cm³/mol. The molecule has 1 aliphatic heterocycles. The molecule has 3 rings (SSSR count). The largest absolute Gasteiger partial charge is 0.493 e. The van der Waals surface area contributed by atoms with Crippen LogP contribution in [0.5, 0.6) is 5.75 Å². The summed E-state index contributed by atoms with van der Waals surface area (Å²) in [5.74, 6) is 0.945. The third-order valence-electron chi connectivity index (χ3n) is 4.05. The average molecular weight is 283 g/mol. The summed E-state index contributed by atoms with van der Waals surface area (Å²) >= 11 is 0. The number of ether oxygens (including phenoxy) is 1. The molecule has 0 bridgehead atoms. The van der Waals surface area contributed by atoms with Crippen LogP contribution in [0.25, 0.3) is 0 Å². The maximum absolute atomic E-state index is 10.7. The molecule has 0 fully saturated rings. The summed E-state index contributed by atoms with van der Waals surface area (Å²) in [4.78, 5) is 0. The van der Waals surface area contributed by atoms with Crippen molar-refractivity contribution in [2.45, 2.75) is 25.0 Å². The molecule has 0 aliphatic carbocycles. The van der Waals surface area contributed by atoms with E-state index in [-0.39, 0.29) is 6.04 Å². The zero-order valence-electron chi connectivity index (χ0n) is 12.3. The molecule has 0 aromatic heterocycles. The fourth-order valence-electron chi connectivity index (χ4n) is 2.78. The zero-order chi connectivity index (χ0) is 14.7. The van der Waals surface area contributed by atoms with Gasteiger partial charge in [0.05, 0.1) is 12.2 Å².